The van der Waals surface area contributed by atoms with Crippen LogP contribution in [0.25, 0.3) is 0 Å². The number of methoxy groups -OCH3 is 3. The van der Waals surface area contributed by atoms with Crippen LogP contribution < -0.4 is 23.7 Å². The first-order valence-electron chi connectivity index (χ1n) is 9.95. The molecule has 0 aromatic heterocycles. The number of carbonyl (C=O) groups excluding carboxylic acids is 1. The molecule has 0 bridgehead atoms. The number of fused-ring (bicyclic) bond motifs is 1. The van der Waals surface area contributed by atoms with Crippen molar-refractivity contribution in [3.05, 3.63) is 41.5 Å². The maximum atomic E-state index is 12.9. The predicted octanol–water partition coefficient (Wildman–Crippen LogP) is 3.25. The fraction of sp³-hybridized carbons (Fsp3) is 0.391. The Morgan fingerprint density at radius 3 is 2.32 bits per heavy atom. The Bertz CT molecular complexity index is 917. The zero-order valence-electron chi connectivity index (χ0n) is 18.2. The molecule has 0 spiro atoms. The zero-order chi connectivity index (χ0) is 22.2. The summed E-state index contributed by atoms with van der Waals surface area (Å²) in [6.07, 6.45) is 0.854. The summed E-state index contributed by atoms with van der Waals surface area (Å²) < 4.78 is 32.9. The number of hydrogen-bond acceptors (Lipinski definition) is 8. The Hall–Kier alpha value is -3.26. The summed E-state index contributed by atoms with van der Waals surface area (Å²) in [6, 6.07) is 8.92. The molecule has 166 valence electrons. The van der Waals surface area contributed by atoms with E-state index in [1.165, 1.54) is 0 Å². The van der Waals surface area contributed by atoms with Crippen molar-refractivity contribution in [3.8, 4) is 28.7 Å². The SMILES string of the molecule is CCOC(C(=O)CN=Cc1cc(OC)c(OC)c(OC)c1)c1ccc2c(c1)OCCO2. The molecular formula is C23H27NO7. The highest BCUT2D eigenvalue weighted by Crippen LogP contribution is 2.38. The summed E-state index contributed by atoms with van der Waals surface area (Å²) in [4.78, 5) is 17.2. The monoisotopic (exact) mass is 429 g/mol. The van der Waals surface area contributed by atoms with E-state index in [-0.39, 0.29) is 12.3 Å². The third-order valence-corrected chi connectivity index (χ3v) is 4.67. The molecule has 3 rings (SSSR count). The number of benzene rings is 2. The van der Waals surface area contributed by atoms with Gasteiger partial charge in [-0.15, -0.1) is 0 Å². The molecule has 2 aromatic carbocycles. The molecule has 1 atom stereocenters. The van der Waals surface area contributed by atoms with E-state index in [1.807, 2.05) is 13.0 Å². The smallest absolute Gasteiger partial charge is 0.203 e. The molecule has 0 saturated carbocycles. The van der Waals surface area contributed by atoms with Gasteiger partial charge in [0.15, 0.2) is 28.8 Å². The van der Waals surface area contributed by atoms with Gasteiger partial charge < -0.3 is 28.4 Å². The minimum Gasteiger partial charge on any atom is -0.493 e. The van der Waals surface area contributed by atoms with Crippen LogP contribution in [0.3, 0.4) is 0 Å². The Morgan fingerprint density at radius 1 is 1.03 bits per heavy atom. The maximum absolute atomic E-state index is 12.9. The summed E-state index contributed by atoms with van der Waals surface area (Å²) >= 11 is 0. The van der Waals surface area contributed by atoms with Crippen LogP contribution in [0.5, 0.6) is 28.7 Å². The number of carbonyl (C=O) groups is 1. The first kappa shape index (κ1) is 22.4. The van der Waals surface area contributed by atoms with Crippen molar-refractivity contribution in [1.82, 2.24) is 0 Å². The van der Waals surface area contributed by atoms with E-state index in [9.17, 15) is 4.79 Å². The lowest BCUT2D eigenvalue weighted by Gasteiger charge is -2.21. The molecule has 0 fully saturated rings. The number of Topliss-reactive ketones (excluding diaryl/α,β-unsaturated/α-hetero) is 1. The van der Waals surface area contributed by atoms with Gasteiger partial charge in [0.1, 0.15) is 25.9 Å². The highest BCUT2D eigenvalue weighted by atomic mass is 16.6. The van der Waals surface area contributed by atoms with Gasteiger partial charge in [-0.25, -0.2) is 0 Å². The van der Waals surface area contributed by atoms with Gasteiger partial charge in [0, 0.05) is 12.8 Å². The molecule has 1 unspecified atom stereocenters. The molecular weight excluding hydrogens is 402 g/mol. The van der Waals surface area contributed by atoms with Gasteiger partial charge in [-0.05, 0) is 42.3 Å². The highest BCUT2D eigenvalue weighted by Gasteiger charge is 2.23. The topological polar surface area (TPSA) is 84.8 Å². The van der Waals surface area contributed by atoms with Crippen molar-refractivity contribution in [2.75, 3.05) is 47.7 Å². The minimum absolute atomic E-state index is 0.0459. The van der Waals surface area contributed by atoms with Gasteiger partial charge in [0.2, 0.25) is 5.75 Å². The van der Waals surface area contributed by atoms with E-state index in [0.717, 1.165) is 5.56 Å². The average molecular weight is 429 g/mol. The summed E-state index contributed by atoms with van der Waals surface area (Å²) in [7, 11) is 4.63. The summed E-state index contributed by atoms with van der Waals surface area (Å²) in [6.45, 7) is 3.17. The van der Waals surface area contributed by atoms with Crippen molar-refractivity contribution < 1.29 is 33.2 Å². The molecule has 8 nitrogen and oxygen atoms in total. The maximum Gasteiger partial charge on any atom is 0.203 e. The number of hydrogen-bond donors (Lipinski definition) is 0. The third-order valence-electron chi connectivity index (χ3n) is 4.67. The van der Waals surface area contributed by atoms with Crippen molar-refractivity contribution in [2.24, 2.45) is 4.99 Å². The van der Waals surface area contributed by atoms with Gasteiger partial charge in [0.25, 0.3) is 0 Å². The van der Waals surface area contributed by atoms with Crippen molar-refractivity contribution in [2.45, 2.75) is 13.0 Å². The summed E-state index contributed by atoms with van der Waals surface area (Å²) in [5.41, 5.74) is 1.42. The summed E-state index contributed by atoms with van der Waals surface area (Å²) in [5.74, 6) is 2.63. The van der Waals surface area contributed by atoms with Crippen LogP contribution in [-0.2, 0) is 9.53 Å². The highest BCUT2D eigenvalue weighted by molar-refractivity contribution is 5.89. The van der Waals surface area contributed by atoms with Crippen LogP contribution >= 0.6 is 0 Å². The van der Waals surface area contributed by atoms with Gasteiger partial charge in [-0.2, -0.15) is 0 Å². The predicted molar refractivity (Wildman–Crippen MR) is 115 cm³/mol. The first-order chi connectivity index (χ1) is 15.1. The van der Waals surface area contributed by atoms with E-state index >= 15 is 0 Å². The Balaban J connectivity index is 1.75. The fourth-order valence-corrected chi connectivity index (χ4v) is 3.26. The van der Waals surface area contributed by atoms with E-state index in [4.69, 9.17) is 28.4 Å². The number of rotatable bonds is 10. The lowest BCUT2D eigenvalue weighted by Crippen LogP contribution is -2.20. The van der Waals surface area contributed by atoms with E-state index in [0.29, 0.717) is 54.1 Å². The molecule has 1 heterocycles. The van der Waals surface area contributed by atoms with Crippen LogP contribution in [0.4, 0.5) is 0 Å². The normalized spacial score (nSPS) is 13.7. The second-order valence-electron chi connectivity index (χ2n) is 6.63. The molecule has 0 N–H and O–H groups in total. The van der Waals surface area contributed by atoms with Crippen LogP contribution in [-0.4, -0.2) is 59.7 Å². The lowest BCUT2D eigenvalue weighted by atomic mass is 10.0. The Morgan fingerprint density at radius 2 is 1.71 bits per heavy atom. The molecule has 8 heteroatoms. The molecule has 1 aliphatic heterocycles. The number of nitrogens with zero attached hydrogens (tertiary/aromatic N) is 1. The molecule has 0 amide bonds. The Labute approximate surface area is 181 Å². The second-order valence-corrected chi connectivity index (χ2v) is 6.63. The average Bonchev–Trinajstić information content (AvgIpc) is 2.81. The van der Waals surface area contributed by atoms with Crippen LogP contribution in [0.15, 0.2) is 35.3 Å². The van der Waals surface area contributed by atoms with E-state index < -0.39 is 6.10 Å². The standard InChI is InChI=1S/C23H27NO7/c1-5-29-22(16-6-7-18-19(12-16)31-9-8-30-18)17(25)14-24-13-15-10-20(26-2)23(28-4)21(11-15)27-3/h6-7,10-13,22H,5,8-9,14H2,1-4H3. The minimum atomic E-state index is -0.738. The van der Waals surface area contributed by atoms with Crippen LogP contribution in [0.2, 0.25) is 0 Å². The largest absolute Gasteiger partial charge is 0.493 e. The zero-order valence-corrected chi connectivity index (χ0v) is 18.2. The quantitative estimate of drug-likeness (QED) is 0.536. The molecule has 1 aliphatic rings. The molecule has 0 aliphatic carbocycles. The van der Waals surface area contributed by atoms with Crippen LogP contribution in [0, 0.1) is 0 Å². The van der Waals surface area contributed by atoms with Crippen LogP contribution in [0.1, 0.15) is 24.2 Å². The van der Waals surface area contributed by atoms with Gasteiger partial charge in [-0.3, -0.25) is 9.79 Å². The molecule has 0 saturated heterocycles. The number of ketones is 1. The molecule has 2 aromatic rings. The number of aliphatic imine (C=N–C) groups is 1. The molecule has 0 radical (unpaired) electrons. The van der Waals surface area contributed by atoms with Gasteiger partial charge >= 0.3 is 0 Å². The second kappa shape index (κ2) is 10.7. The van der Waals surface area contributed by atoms with E-state index in [2.05, 4.69) is 4.99 Å². The Kier molecular flexibility index (Phi) is 7.72. The number of ether oxygens (including phenoxy) is 6. The van der Waals surface area contributed by atoms with Crippen molar-refractivity contribution in [3.63, 3.8) is 0 Å². The first-order valence-corrected chi connectivity index (χ1v) is 9.95. The van der Waals surface area contributed by atoms with E-state index in [1.54, 1.807) is 51.8 Å². The fourth-order valence-electron chi connectivity index (χ4n) is 3.26. The summed E-state index contributed by atoms with van der Waals surface area (Å²) in [5, 5.41) is 0. The van der Waals surface area contributed by atoms with Crippen molar-refractivity contribution in [1.29, 1.82) is 0 Å². The van der Waals surface area contributed by atoms with Gasteiger partial charge in [0.05, 0.1) is 21.3 Å². The van der Waals surface area contributed by atoms with Crippen molar-refractivity contribution >= 4 is 12.0 Å². The third kappa shape index (κ3) is 5.27. The van der Waals surface area contributed by atoms with Gasteiger partial charge in [-0.1, -0.05) is 6.07 Å². The lowest BCUT2D eigenvalue weighted by molar-refractivity contribution is -0.129. The molecule has 31 heavy (non-hydrogen) atoms.